The van der Waals surface area contributed by atoms with Crippen molar-refractivity contribution in [1.82, 2.24) is 5.32 Å². The molecule has 2 rings (SSSR count). The summed E-state index contributed by atoms with van der Waals surface area (Å²) in [6.45, 7) is 5.56. The Morgan fingerprint density at radius 2 is 2.25 bits per heavy atom. The molecule has 0 amide bonds. The maximum atomic E-state index is 9.98. The van der Waals surface area contributed by atoms with Crippen molar-refractivity contribution in [2.24, 2.45) is 5.92 Å². The second kappa shape index (κ2) is 6.95. The van der Waals surface area contributed by atoms with Crippen molar-refractivity contribution in [2.75, 3.05) is 20.3 Å². The van der Waals surface area contributed by atoms with E-state index in [1.165, 1.54) is 0 Å². The van der Waals surface area contributed by atoms with Gasteiger partial charge >= 0.3 is 0 Å². The van der Waals surface area contributed by atoms with E-state index in [2.05, 4.69) is 19.2 Å². The Balaban J connectivity index is 2.00. The molecular weight excluding hydrogens is 254 g/mol. The van der Waals surface area contributed by atoms with Crippen LogP contribution in [-0.2, 0) is 0 Å². The molecule has 4 heteroatoms. The lowest BCUT2D eigenvalue weighted by atomic mass is 9.99. The molecule has 112 valence electrons. The number of methoxy groups -OCH3 is 1. The molecule has 0 saturated heterocycles. The molecule has 1 aliphatic rings. The van der Waals surface area contributed by atoms with Gasteiger partial charge in [-0.25, -0.2) is 0 Å². The van der Waals surface area contributed by atoms with Crippen molar-refractivity contribution >= 4 is 0 Å². The average molecular weight is 279 g/mol. The van der Waals surface area contributed by atoms with Crippen LogP contribution < -0.4 is 14.8 Å². The summed E-state index contributed by atoms with van der Waals surface area (Å²) in [7, 11) is 1.67. The van der Waals surface area contributed by atoms with Gasteiger partial charge in [0.15, 0.2) is 0 Å². The molecule has 20 heavy (non-hydrogen) atoms. The van der Waals surface area contributed by atoms with Gasteiger partial charge < -0.3 is 19.9 Å². The van der Waals surface area contributed by atoms with Crippen molar-refractivity contribution in [3.05, 3.63) is 23.8 Å². The highest BCUT2D eigenvalue weighted by molar-refractivity contribution is 5.43. The summed E-state index contributed by atoms with van der Waals surface area (Å²) in [6, 6.07) is 6.10. The van der Waals surface area contributed by atoms with E-state index in [1.54, 1.807) is 7.11 Å². The largest absolute Gasteiger partial charge is 0.497 e. The highest BCUT2D eigenvalue weighted by Gasteiger charge is 2.22. The van der Waals surface area contributed by atoms with Gasteiger partial charge in [-0.3, -0.25) is 0 Å². The van der Waals surface area contributed by atoms with Crippen molar-refractivity contribution in [3.8, 4) is 11.5 Å². The molecular formula is C16H25NO3. The zero-order chi connectivity index (χ0) is 14.5. The zero-order valence-electron chi connectivity index (χ0n) is 12.6. The third-order valence-corrected chi connectivity index (χ3v) is 3.60. The van der Waals surface area contributed by atoms with Crippen LogP contribution in [0.15, 0.2) is 18.2 Å². The maximum Gasteiger partial charge on any atom is 0.124 e. The monoisotopic (exact) mass is 279 g/mol. The number of fused-ring (bicyclic) bond motifs is 1. The van der Waals surface area contributed by atoms with Gasteiger partial charge in [0.1, 0.15) is 11.5 Å². The lowest BCUT2D eigenvalue weighted by molar-refractivity contribution is 0.137. The van der Waals surface area contributed by atoms with Crippen molar-refractivity contribution in [2.45, 2.75) is 38.8 Å². The number of rotatable bonds is 6. The molecule has 1 aromatic carbocycles. The molecule has 1 aliphatic heterocycles. The minimum Gasteiger partial charge on any atom is -0.497 e. The van der Waals surface area contributed by atoms with E-state index in [0.717, 1.165) is 29.9 Å². The lowest BCUT2D eigenvalue weighted by Gasteiger charge is -2.28. The third kappa shape index (κ3) is 3.87. The topological polar surface area (TPSA) is 50.7 Å². The van der Waals surface area contributed by atoms with Crippen LogP contribution in [0.2, 0.25) is 0 Å². The highest BCUT2D eigenvalue weighted by atomic mass is 16.5. The molecule has 2 unspecified atom stereocenters. The number of aliphatic hydroxyl groups excluding tert-OH is 1. The zero-order valence-corrected chi connectivity index (χ0v) is 12.6. The molecule has 0 fully saturated rings. The molecule has 0 bridgehead atoms. The molecule has 0 spiro atoms. The molecule has 0 saturated carbocycles. The predicted molar refractivity (Wildman–Crippen MR) is 79.3 cm³/mol. The van der Waals surface area contributed by atoms with Crippen LogP contribution in [0, 0.1) is 5.92 Å². The Hall–Kier alpha value is -1.26. The Morgan fingerprint density at radius 1 is 1.45 bits per heavy atom. The first-order valence-electron chi connectivity index (χ1n) is 7.32. The van der Waals surface area contributed by atoms with E-state index >= 15 is 0 Å². The van der Waals surface area contributed by atoms with Crippen molar-refractivity contribution in [3.63, 3.8) is 0 Å². The Bertz CT molecular complexity index is 434. The average Bonchev–Trinajstić information content (AvgIpc) is 2.43. The van der Waals surface area contributed by atoms with E-state index < -0.39 is 0 Å². The van der Waals surface area contributed by atoms with Gasteiger partial charge in [-0.05, 0) is 30.5 Å². The highest BCUT2D eigenvalue weighted by Crippen LogP contribution is 2.34. The number of aliphatic hydroxyl groups is 1. The number of benzene rings is 1. The van der Waals surface area contributed by atoms with Gasteiger partial charge in [-0.15, -0.1) is 0 Å². The first-order chi connectivity index (χ1) is 9.60. The fourth-order valence-corrected chi connectivity index (χ4v) is 2.62. The number of hydrogen-bond acceptors (Lipinski definition) is 4. The second-order valence-electron chi connectivity index (χ2n) is 5.79. The molecule has 1 aromatic rings. The minimum atomic E-state index is -0.299. The van der Waals surface area contributed by atoms with Crippen molar-refractivity contribution in [1.29, 1.82) is 0 Å². The van der Waals surface area contributed by atoms with Gasteiger partial charge in [0, 0.05) is 24.6 Å². The van der Waals surface area contributed by atoms with E-state index in [1.807, 2.05) is 18.2 Å². The summed E-state index contributed by atoms with van der Waals surface area (Å²) in [6.07, 6.45) is 1.43. The second-order valence-corrected chi connectivity index (χ2v) is 5.79. The number of nitrogens with one attached hydrogen (secondary N) is 1. The molecule has 0 aromatic heterocycles. The quantitative estimate of drug-likeness (QED) is 0.840. The Labute approximate surface area is 121 Å². The maximum absolute atomic E-state index is 9.98. The Morgan fingerprint density at radius 3 is 2.95 bits per heavy atom. The van der Waals surface area contributed by atoms with Crippen LogP contribution in [0.5, 0.6) is 11.5 Å². The van der Waals surface area contributed by atoms with Crippen LogP contribution in [0.25, 0.3) is 0 Å². The molecule has 1 heterocycles. The van der Waals surface area contributed by atoms with Crippen molar-refractivity contribution < 1.29 is 14.6 Å². The van der Waals surface area contributed by atoms with E-state index in [4.69, 9.17) is 9.47 Å². The van der Waals surface area contributed by atoms with E-state index in [9.17, 15) is 5.11 Å². The summed E-state index contributed by atoms with van der Waals surface area (Å²) in [5.74, 6) is 2.26. The van der Waals surface area contributed by atoms with Crippen LogP contribution in [0.3, 0.4) is 0 Å². The normalized spacial score (nSPS) is 19.4. The summed E-state index contributed by atoms with van der Waals surface area (Å²) >= 11 is 0. The number of ether oxygens (including phenoxy) is 2. The molecule has 0 aliphatic carbocycles. The third-order valence-electron chi connectivity index (χ3n) is 3.60. The standard InChI is InChI=1S/C16H25NO3/c1-11(2)8-12(18)10-17-15-6-7-20-16-5-4-13(19-3)9-14(15)16/h4-5,9,11-12,15,17-18H,6-8,10H2,1-3H3. The first kappa shape index (κ1) is 15.1. The molecule has 2 N–H and O–H groups in total. The van der Waals surface area contributed by atoms with Gasteiger partial charge in [0.05, 0.1) is 19.8 Å². The summed E-state index contributed by atoms with van der Waals surface area (Å²) in [4.78, 5) is 0. The van der Waals surface area contributed by atoms with Gasteiger partial charge in [-0.1, -0.05) is 13.8 Å². The van der Waals surface area contributed by atoms with Gasteiger partial charge in [0.25, 0.3) is 0 Å². The lowest BCUT2D eigenvalue weighted by Crippen LogP contribution is -2.33. The summed E-state index contributed by atoms with van der Waals surface area (Å²) < 4.78 is 10.9. The molecule has 2 atom stereocenters. The van der Waals surface area contributed by atoms with Crippen LogP contribution in [-0.4, -0.2) is 31.5 Å². The SMILES string of the molecule is COc1ccc2c(c1)C(NCC(O)CC(C)C)CCO2. The van der Waals surface area contributed by atoms with Gasteiger partial charge in [0.2, 0.25) is 0 Å². The van der Waals surface area contributed by atoms with Crippen LogP contribution >= 0.6 is 0 Å². The van der Waals surface area contributed by atoms with E-state index in [0.29, 0.717) is 19.1 Å². The molecule has 0 radical (unpaired) electrons. The van der Waals surface area contributed by atoms with E-state index in [-0.39, 0.29) is 12.1 Å². The molecule has 4 nitrogen and oxygen atoms in total. The smallest absolute Gasteiger partial charge is 0.124 e. The van der Waals surface area contributed by atoms with Crippen LogP contribution in [0.4, 0.5) is 0 Å². The first-order valence-corrected chi connectivity index (χ1v) is 7.32. The summed E-state index contributed by atoms with van der Waals surface area (Å²) in [5.41, 5.74) is 1.12. The van der Waals surface area contributed by atoms with Crippen LogP contribution in [0.1, 0.15) is 38.3 Å². The Kier molecular flexibility index (Phi) is 5.26. The van der Waals surface area contributed by atoms with Gasteiger partial charge in [-0.2, -0.15) is 0 Å². The summed E-state index contributed by atoms with van der Waals surface area (Å²) in [5, 5.41) is 13.4. The fourth-order valence-electron chi connectivity index (χ4n) is 2.62. The minimum absolute atomic E-state index is 0.218. The number of hydrogen-bond donors (Lipinski definition) is 2. The fraction of sp³-hybridized carbons (Fsp3) is 0.625. The predicted octanol–water partition coefficient (Wildman–Crippen LogP) is 2.52.